The number of nitrogens with two attached hydrogens (primary N) is 1. The number of carboxylic acids is 1. The van der Waals surface area contributed by atoms with Gasteiger partial charge in [-0.2, -0.15) is 0 Å². The van der Waals surface area contributed by atoms with Crippen molar-refractivity contribution in [1.29, 1.82) is 0 Å². The van der Waals surface area contributed by atoms with Gasteiger partial charge in [-0.25, -0.2) is 0 Å². The van der Waals surface area contributed by atoms with Crippen molar-refractivity contribution in [2.24, 2.45) is 5.73 Å². The molecule has 0 radical (unpaired) electrons. The Bertz CT molecular complexity index is 864. The van der Waals surface area contributed by atoms with Crippen LogP contribution in [0.3, 0.4) is 0 Å². The van der Waals surface area contributed by atoms with E-state index in [1.54, 1.807) is 35.6 Å². The van der Waals surface area contributed by atoms with Gasteiger partial charge in [-0.05, 0) is 60.7 Å². The Labute approximate surface area is 143 Å². The summed E-state index contributed by atoms with van der Waals surface area (Å²) in [4.78, 5) is 23.1. The van der Waals surface area contributed by atoms with Gasteiger partial charge in [0.1, 0.15) is 0 Å². The van der Waals surface area contributed by atoms with Gasteiger partial charge in [0, 0.05) is 22.9 Å². The molecule has 0 aliphatic heterocycles. The van der Waals surface area contributed by atoms with E-state index >= 15 is 0 Å². The topological polar surface area (TPSA) is 88.2 Å². The highest BCUT2D eigenvalue weighted by atomic mass is 32.1. The smallest absolute Gasteiger partial charge is 0.248 e. The number of thiophene rings is 1. The number of aliphatic carboxylic acids is 1. The van der Waals surface area contributed by atoms with E-state index in [0.717, 1.165) is 22.0 Å². The maximum Gasteiger partial charge on any atom is 0.248 e. The number of hydrogen-bond acceptors (Lipinski definition) is 4. The monoisotopic (exact) mass is 339 g/mol. The van der Waals surface area contributed by atoms with Crippen LogP contribution in [0.15, 0.2) is 53.9 Å². The van der Waals surface area contributed by atoms with E-state index in [4.69, 9.17) is 5.73 Å². The summed E-state index contributed by atoms with van der Waals surface area (Å²) in [5.41, 5.74) is 8.41. The first-order chi connectivity index (χ1) is 11.6. The quantitative estimate of drug-likeness (QED) is 0.745. The van der Waals surface area contributed by atoms with E-state index in [0.29, 0.717) is 12.0 Å². The second-order valence-corrected chi connectivity index (χ2v) is 6.25. The highest BCUT2D eigenvalue weighted by Gasteiger charge is 2.13. The molecule has 1 amide bonds. The lowest BCUT2D eigenvalue weighted by molar-refractivity contribution is -0.305. The van der Waals surface area contributed by atoms with Crippen molar-refractivity contribution in [3.63, 3.8) is 0 Å². The van der Waals surface area contributed by atoms with E-state index in [-0.39, 0.29) is 6.42 Å². The molecule has 0 atom stereocenters. The minimum absolute atomic E-state index is 0.0483. The third-order valence-electron chi connectivity index (χ3n) is 3.73. The number of nitrogens with zero attached hydrogens (tertiary/aromatic N) is 1. The highest BCUT2D eigenvalue weighted by Crippen LogP contribution is 2.30. The van der Waals surface area contributed by atoms with Crippen LogP contribution in [0.5, 0.6) is 0 Å². The van der Waals surface area contributed by atoms with Gasteiger partial charge in [0.2, 0.25) is 5.91 Å². The minimum atomic E-state index is -1.08. The maximum atomic E-state index is 11.2. The first-order valence-electron chi connectivity index (χ1n) is 7.41. The average Bonchev–Trinajstić information content (AvgIpc) is 3.22. The molecule has 0 unspecified atom stereocenters. The van der Waals surface area contributed by atoms with Crippen LogP contribution >= 0.6 is 11.3 Å². The largest absolute Gasteiger partial charge is 0.550 e. The fraction of sp³-hybridized carbons (Fsp3) is 0.111. The van der Waals surface area contributed by atoms with Crippen LogP contribution in [0.25, 0.3) is 16.3 Å². The van der Waals surface area contributed by atoms with Crippen molar-refractivity contribution >= 4 is 23.2 Å². The lowest BCUT2D eigenvalue weighted by Crippen LogP contribution is -2.22. The fourth-order valence-electron chi connectivity index (χ4n) is 2.60. The molecule has 2 aromatic heterocycles. The van der Waals surface area contributed by atoms with Crippen LogP contribution in [0.2, 0.25) is 0 Å². The fourth-order valence-corrected chi connectivity index (χ4v) is 3.34. The summed E-state index contributed by atoms with van der Waals surface area (Å²) in [5, 5.41) is 12.8. The first-order valence-corrected chi connectivity index (χ1v) is 8.29. The molecule has 0 saturated carbocycles. The molecule has 2 N–H and O–H groups in total. The van der Waals surface area contributed by atoms with Crippen LogP contribution in [-0.4, -0.2) is 16.4 Å². The molecule has 122 valence electrons. The lowest BCUT2D eigenvalue weighted by Gasteiger charge is -2.14. The molecule has 0 fully saturated rings. The number of aromatic nitrogens is 1. The zero-order chi connectivity index (χ0) is 17.1. The summed E-state index contributed by atoms with van der Waals surface area (Å²) in [6.07, 6.45) is 0.318. The summed E-state index contributed by atoms with van der Waals surface area (Å²) >= 11 is 1.61. The van der Waals surface area contributed by atoms with Crippen molar-refractivity contribution in [3.05, 3.63) is 65.2 Å². The molecule has 3 rings (SSSR count). The second kappa shape index (κ2) is 6.72. The summed E-state index contributed by atoms with van der Waals surface area (Å²) in [6, 6.07) is 14.8. The van der Waals surface area contributed by atoms with Crippen molar-refractivity contribution in [3.8, 4) is 16.3 Å². The van der Waals surface area contributed by atoms with Crippen molar-refractivity contribution < 1.29 is 14.7 Å². The number of primary amides is 1. The molecule has 0 saturated heterocycles. The Morgan fingerprint density at radius 3 is 2.42 bits per heavy atom. The molecule has 0 spiro atoms. The number of hydrogen-bond donors (Lipinski definition) is 1. The molecule has 24 heavy (non-hydrogen) atoms. The molecule has 1 aromatic carbocycles. The number of carbonyl (C=O) groups is 2. The van der Waals surface area contributed by atoms with Gasteiger partial charge >= 0.3 is 0 Å². The van der Waals surface area contributed by atoms with Crippen molar-refractivity contribution in [2.45, 2.75) is 12.8 Å². The predicted molar refractivity (Wildman–Crippen MR) is 90.9 cm³/mol. The maximum absolute atomic E-state index is 11.2. The molecule has 5 nitrogen and oxygen atoms in total. The number of amides is 1. The zero-order valence-electron chi connectivity index (χ0n) is 12.8. The molecule has 0 aliphatic carbocycles. The van der Waals surface area contributed by atoms with E-state index in [9.17, 15) is 14.7 Å². The normalized spacial score (nSPS) is 10.7. The third kappa shape index (κ3) is 3.23. The minimum Gasteiger partial charge on any atom is -0.550 e. The van der Waals surface area contributed by atoms with Gasteiger partial charge in [-0.15, -0.1) is 11.3 Å². The lowest BCUT2D eigenvalue weighted by atomic mass is 10.2. The number of aryl methyl sites for hydroxylation is 1. The molecule has 3 aromatic rings. The number of rotatable bonds is 6. The van der Waals surface area contributed by atoms with Gasteiger partial charge in [0.25, 0.3) is 0 Å². The average molecular weight is 339 g/mol. The first kappa shape index (κ1) is 16.0. The number of carbonyl (C=O) groups excluding carboxylic acids is 2. The third-order valence-corrected chi connectivity index (χ3v) is 4.62. The van der Waals surface area contributed by atoms with E-state index < -0.39 is 11.9 Å². The van der Waals surface area contributed by atoms with Gasteiger partial charge in [-0.1, -0.05) is 6.07 Å². The van der Waals surface area contributed by atoms with Crippen LogP contribution in [0.4, 0.5) is 0 Å². The number of benzene rings is 1. The Morgan fingerprint density at radius 2 is 1.83 bits per heavy atom. The summed E-state index contributed by atoms with van der Waals surface area (Å²) in [5.74, 6) is -1.56. The Balaban J connectivity index is 2.06. The van der Waals surface area contributed by atoms with Gasteiger partial charge in [0.15, 0.2) is 0 Å². The van der Waals surface area contributed by atoms with Crippen molar-refractivity contribution in [2.75, 3.05) is 0 Å². The highest BCUT2D eigenvalue weighted by molar-refractivity contribution is 7.13. The van der Waals surface area contributed by atoms with Crippen LogP contribution < -0.4 is 10.8 Å². The van der Waals surface area contributed by atoms with Crippen molar-refractivity contribution in [1.82, 2.24) is 4.57 Å². The standard InChI is InChI=1S/C18H16N2O3S/c19-18(23)12-3-5-13(6-4-12)20-14(8-10-17(21)22)7-9-15(20)16-2-1-11-24-16/h1-7,9,11H,8,10H2,(H2,19,23)(H,21,22)/p-1. The SMILES string of the molecule is NC(=O)c1ccc(-n2c(CCC(=O)[O-])ccc2-c2cccs2)cc1. The summed E-state index contributed by atoms with van der Waals surface area (Å²) in [7, 11) is 0. The van der Waals surface area contributed by atoms with E-state index in [1.807, 2.05) is 34.2 Å². The van der Waals surface area contributed by atoms with Crippen LogP contribution in [0, 0.1) is 0 Å². The predicted octanol–water partition coefficient (Wildman–Crippen LogP) is 1.99. The van der Waals surface area contributed by atoms with Gasteiger partial charge in [0.05, 0.1) is 10.6 Å². The van der Waals surface area contributed by atoms with Crippen LogP contribution in [-0.2, 0) is 11.2 Å². The van der Waals surface area contributed by atoms with Gasteiger partial charge in [-0.3, -0.25) is 4.79 Å². The van der Waals surface area contributed by atoms with E-state index in [1.165, 1.54) is 0 Å². The summed E-state index contributed by atoms with van der Waals surface area (Å²) in [6.45, 7) is 0. The number of carboxylic acid groups (broad SMARTS) is 1. The molecule has 0 aliphatic rings. The molecular formula is C18H15N2O3S-. The Hall–Kier alpha value is -2.86. The Kier molecular flexibility index (Phi) is 4.48. The zero-order valence-corrected chi connectivity index (χ0v) is 13.6. The second-order valence-electron chi connectivity index (χ2n) is 5.31. The van der Waals surface area contributed by atoms with E-state index in [2.05, 4.69) is 0 Å². The molecule has 2 heterocycles. The van der Waals surface area contributed by atoms with Gasteiger partial charge < -0.3 is 20.2 Å². The van der Waals surface area contributed by atoms with Crippen LogP contribution in [0.1, 0.15) is 22.5 Å². The molecular weight excluding hydrogens is 324 g/mol. The molecule has 6 heteroatoms. The summed E-state index contributed by atoms with van der Waals surface area (Å²) < 4.78 is 2.00. The Morgan fingerprint density at radius 1 is 1.08 bits per heavy atom. The molecule has 0 bridgehead atoms.